The Kier molecular flexibility index (Phi) is 4.12. The number of alkyl halides is 1. The van der Waals surface area contributed by atoms with Gasteiger partial charge in [-0.1, -0.05) is 6.07 Å². The van der Waals surface area contributed by atoms with Gasteiger partial charge in [0, 0.05) is 42.3 Å². The van der Waals surface area contributed by atoms with E-state index in [1.807, 2.05) is 42.3 Å². The average molecular weight is 379 g/mol. The molecule has 1 aromatic carbocycles. The minimum Gasteiger partial charge on any atom is -0.507 e. The molecule has 2 aliphatic heterocycles. The van der Waals surface area contributed by atoms with Gasteiger partial charge < -0.3 is 15.3 Å². The van der Waals surface area contributed by atoms with Crippen LogP contribution < -0.4 is 10.2 Å². The molecular weight excluding hydrogens is 357 g/mol. The van der Waals surface area contributed by atoms with E-state index in [2.05, 4.69) is 20.5 Å². The average Bonchev–Trinajstić information content (AvgIpc) is 3.13. The number of hydrogen-bond donors (Lipinski definition) is 2. The Labute approximate surface area is 162 Å². The third-order valence-corrected chi connectivity index (χ3v) is 6.06. The topological polar surface area (TPSA) is 74.2 Å². The van der Waals surface area contributed by atoms with Crippen LogP contribution in [0.25, 0.3) is 22.2 Å². The lowest BCUT2D eigenvalue weighted by Gasteiger charge is -2.38. The van der Waals surface area contributed by atoms with Gasteiger partial charge in [0.2, 0.25) is 0 Å². The van der Waals surface area contributed by atoms with Crippen molar-refractivity contribution < 1.29 is 9.50 Å². The van der Waals surface area contributed by atoms with Crippen LogP contribution >= 0.6 is 0 Å². The lowest BCUT2D eigenvalue weighted by molar-refractivity contribution is 0.176. The standard InChI is InChI=1S/C21H22FN5O/c1-27(18-10-13-4-5-16(24-13)21(18)22)20-7-6-15(25-26-20)14-9-12-3-2-8-23-17(12)11-19(14)28/h2-3,6-9,11,13,16,18,21,24,28H,4-5,10H2,1H3/t13?,16?,18-,21+/m1/s1. The Morgan fingerprint density at radius 1 is 1.18 bits per heavy atom. The van der Waals surface area contributed by atoms with Crippen molar-refractivity contribution in [2.24, 2.45) is 0 Å². The molecule has 0 radical (unpaired) electrons. The van der Waals surface area contributed by atoms with E-state index in [0.29, 0.717) is 23.1 Å². The second kappa shape index (κ2) is 6.67. The summed E-state index contributed by atoms with van der Waals surface area (Å²) in [6, 6.07) is 11.1. The number of fused-ring (bicyclic) bond motifs is 3. The Morgan fingerprint density at radius 3 is 2.89 bits per heavy atom. The monoisotopic (exact) mass is 379 g/mol. The molecule has 2 bridgehead atoms. The maximum Gasteiger partial charge on any atom is 0.151 e. The third-order valence-electron chi connectivity index (χ3n) is 6.06. The van der Waals surface area contributed by atoms with Crippen molar-refractivity contribution in [3.8, 4) is 17.0 Å². The number of aromatic nitrogens is 3. The number of phenolic OH excluding ortho intramolecular Hbond substituents is 1. The summed E-state index contributed by atoms with van der Waals surface area (Å²) < 4.78 is 14.8. The molecule has 2 unspecified atom stereocenters. The summed E-state index contributed by atoms with van der Waals surface area (Å²) in [4.78, 5) is 6.15. The van der Waals surface area contributed by atoms with E-state index < -0.39 is 6.17 Å². The lowest BCUT2D eigenvalue weighted by atomic mass is 9.96. The highest BCUT2D eigenvalue weighted by molar-refractivity contribution is 5.87. The number of aromatic hydroxyl groups is 1. The number of benzene rings is 1. The molecule has 2 N–H and O–H groups in total. The molecular formula is C21H22FN5O. The molecule has 3 aromatic rings. The zero-order valence-corrected chi connectivity index (χ0v) is 15.6. The number of piperidine rings is 1. The van der Waals surface area contributed by atoms with E-state index in [9.17, 15) is 9.50 Å². The van der Waals surface area contributed by atoms with Crippen molar-refractivity contribution in [1.29, 1.82) is 0 Å². The molecule has 2 saturated heterocycles. The van der Waals surface area contributed by atoms with Gasteiger partial charge in [0.25, 0.3) is 0 Å². The van der Waals surface area contributed by atoms with Gasteiger partial charge in [0.15, 0.2) is 5.82 Å². The Morgan fingerprint density at radius 2 is 2.07 bits per heavy atom. The van der Waals surface area contributed by atoms with Gasteiger partial charge in [0.05, 0.1) is 17.3 Å². The summed E-state index contributed by atoms with van der Waals surface area (Å²) in [6.45, 7) is 0. The van der Waals surface area contributed by atoms with E-state index in [4.69, 9.17) is 0 Å². The summed E-state index contributed by atoms with van der Waals surface area (Å²) in [7, 11) is 1.88. The molecule has 7 heteroatoms. The Hall–Kier alpha value is -2.80. The van der Waals surface area contributed by atoms with Crippen LogP contribution in [0.4, 0.5) is 10.2 Å². The second-order valence-corrected chi connectivity index (χ2v) is 7.75. The largest absolute Gasteiger partial charge is 0.507 e. The number of nitrogens with zero attached hydrogens (tertiary/aromatic N) is 4. The number of nitrogens with one attached hydrogen (secondary N) is 1. The quantitative estimate of drug-likeness (QED) is 0.729. The minimum atomic E-state index is -0.915. The smallest absolute Gasteiger partial charge is 0.151 e. The molecule has 4 heterocycles. The highest BCUT2D eigenvalue weighted by Crippen LogP contribution is 2.34. The molecule has 0 aliphatic carbocycles. The van der Waals surface area contributed by atoms with Crippen LogP contribution in [-0.4, -0.2) is 51.6 Å². The van der Waals surface area contributed by atoms with E-state index in [1.54, 1.807) is 12.3 Å². The van der Waals surface area contributed by atoms with Crippen molar-refractivity contribution >= 4 is 16.7 Å². The highest BCUT2D eigenvalue weighted by atomic mass is 19.1. The van der Waals surface area contributed by atoms with Gasteiger partial charge in [-0.25, -0.2) is 4.39 Å². The van der Waals surface area contributed by atoms with Crippen molar-refractivity contribution in [3.05, 3.63) is 42.6 Å². The molecule has 2 aliphatic rings. The van der Waals surface area contributed by atoms with E-state index in [1.165, 1.54) is 0 Å². The van der Waals surface area contributed by atoms with Crippen LogP contribution in [0, 0.1) is 0 Å². The Bertz CT molecular complexity index is 1010. The van der Waals surface area contributed by atoms with E-state index >= 15 is 0 Å². The van der Waals surface area contributed by atoms with Crippen molar-refractivity contribution in [2.75, 3.05) is 11.9 Å². The van der Waals surface area contributed by atoms with Gasteiger partial charge >= 0.3 is 0 Å². The number of hydrogen-bond acceptors (Lipinski definition) is 6. The van der Waals surface area contributed by atoms with Crippen LogP contribution in [0.1, 0.15) is 19.3 Å². The number of anilines is 1. The van der Waals surface area contributed by atoms with Crippen LogP contribution in [0.5, 0.6) is 5.75 Å². The van der Waals surface area contributed by atoms with Crippen molar-refractivity contribution in [2.45, 2.75) is 43.6 Å². The molecule has 5 rings (SSSR count). The predicted molar refractivity (Wildman–Crippen MR) is 106 cm³/mol. The van der Waals surface area contributed by atoms with Crippen molar-refractivity contribution in [3.63, 3.8) is 0 Å². The molecule has 2 fully saturated rings. The normalized spacial score (nSPS) is 26.5. The maximum atomic E-state index is 14.8. The number of phenols is 1. The molecule has 28 heavy (non-hydrogen) atoms. The zero-order chi connectivity index (χ0) is 19.3. The van der Waals surface area contributed by atoms with Crippen LogP contribution in [0.3, 0.4) is 0 Å². The van der Waals surface area contributed by atoms with Gasteiger partial charge in [-0.2, -0.15) is 0 Å². The van der Waals surface area contributed by atoms with Gasteiger partial charge in [-0.15, -0.1) is 10.2 Å². The molecule has 4 atom stereocenters. The first-order valence-corrected chi connectivity index (χ1v) is 9.65. The van der Waals surface area contributed by atoms with E-state index in [-0.39, 0.29) is 17.8 Å². The molecule has 0 amide bonds. The summed E-state index contributed by atoms with van der Waals surface area (Å²) in [5, 5.41) is 23.3. The Balaban J connectivity index is 1.42. The first kappa shape index (κ1) is 17.3. The summed E-state index contributed by atoms with van der Waals surface area (Å²) >= 11 is 0. The fourth-order valence-electron chi connectivity index (χ4n) is 4.49. The van der Waals surface area contributed by atoms with Gasteiger partial charge in [-0.3, -0.25) is 4.98 Å². The molecule has 0 saturated carbocycles. The summed E-state index contributed by atoms with van der Waals surface area (Å²) in [6.07, 6.45) is 3.49. The van der Waals surface area contributed by atoms with Gasteiger partial charge in [-0.05, 0) is 43.5 Å². The van der Waals surface area contributed by atoms with Crippen LogP contribution in [-0.2, 0) is 0 Å². The molecule has 2 aromatic heterocycles. The maximum absolute atomic E-state index is 14.8. The SMILES string of the molecule is CN(c1ccc(-c2cc3cccnc3cc2O)nn1)[C@@H]1CC2CCC(N2)[C@@H]1F. The first-order valence-electron chi connectivity index (χ1n) is 9.65. The van der Waals surface area contributed by atoms with Crippen LogP contribution in [0.2, 0.25) is 0 Å². The molecule has 0 spiro atoms. The van der Waals surface area contributed by atoms with Crippen LogP contribution in [0.15, 0.2) is 42.6 Å². The minimum absolute atomic E-state index is 0.0541. The summed E-state index contributed by atoms with van der Waals surface area (Å²) in [5.41, 5.74) is 1.90. The van der Waals surface area contributed by atoms with E-state index in [0.717, 1.165) is 30.2 Å². The fraction of sp³-hybridized carbons (Fsp3) is 0.381. The number of rotatable bonds is 3. The van der Waals surface area contributed by atoms with Gasteiger partial charge in [0.1, 0.15) is 11.9 Å². The third kappa shape index (κ3) is 2.86. The van der Waals surface area contributed by atoms with Crippen molar-refractivity contribution in [1.82, 2.24) is 20.5 Å². The molecule has 144 valence electrons. The summed E-state index contributed by atoms with van der Waals surface area (Å²) in [5.74, 6) is 0.750. The first-order chi connectivity index (χ1) is 13.6. The predicted octanol–water partition coefficient (Wildman–Crippen LogP) is 3.06. The zero-order valence-electron chi connectivity index (χ0n) is 15.6. The number of pyridine rings is 1. The molecule has 6 nitrogen and oxygen atoms in total. The second-order valence-electron chi connectivity index (χ2n) is 7.75. The lowest BCUT2D eigenvalue weighted by Crippen LogP contribution is -2.55. The fourth-order valence-corrected chi connectivity index (χ4v) is 4.49. The highest BCUT2D eigenvalue weighted by Gasteiger charge is 2.43. The number of halogens is 1.